The second kappa shape index (κ2) is 31.8. The number of alkyl halides is 17. The van der Waals surface area contributed by atoms with Gasteiger partial charge in [0.25, 0.3) is 0 Å². The number of halogens is 21. The number of hydrogen-bond donors (Lipinski definition) is 0. The maximum Gasteiger partial charge on any atom is 0.451 e. The Morgan fingerprint density at radius 3 is 0.978 bits per heavy atom. The van der Waals surface area contributed by atoms with Crippen LogP contribution < -0.4 is 0 Å². The highest BCUT2D eigenvalue weighted by Crippen LogP contribution is 2.35. The van der Waals surface area contributed by atoms with Crippen molar-refractivity contribution < 1.29 is 106 Å². The molecule has 0 fully saturated rings. The van der Waals surface area contributed by atoms with Crippen LogP contribution in [0.25, 0.3) is 0 Å². The smallest absolute Gasteiger partial charge is 0.340 e. The van der Waals surface area contributed by atoms with Gasteiger partial charge in [-0.2, -0.15) is 74.2 Å². The van der Waals surface area contributed by atoms with Gasteiger partial charge in [0.2, 0.25) is 0 Å². The van der Waals surface area contributed by atoms with Gasteiger partial charge >= 0.3 is 36.4 Å². The summed E-state index contributed by atoms with van der Waals surface area (Å²) in [7, 11) is 0.609. The van der Waals surface area contributed by atoms with E-state index in [1.807, 2.05) is 0 Å². The van der Waals surface area contributed by atoms with Gasteiger partial charge in [-0.3, -0.25) is 4.39 Å². The predicted molar refractivity (Wildman–Crippen MR) is 142 cm³/mol. The van der Waals surface area contributed by atoms with Crippen molar-refractivity contribution in [3.05, 3.63) is 0 Å². The molecular formula is C19H35F20IO4Si2. The number of hydrogen-bond acceptors (Lipinski definition) is 4. The number of rotatable bonds is 11. The van der Waals surface area contributed by atoms with E-state index in [1.165, 1.54) is 12.1 Å². The maximum absolute atomic E-state index is 12.0. The molecule has 0 aromatic rings. The molecule has 0 saturated carbocycles. The van der Waals surface area contributed by atoms with E-state index in [2.05, 4.69) is 32.5 Å². The standard InChI is InChI=1S/C6H17FSi2.2C4H5F5O.2C2H2F4O.CH4.FI/c1-8-4-6-9(2)5-3-7;2*1-10-3(6,2-5)4(7,8)9;2*3-2(4,5)1-7-6;;1-2/h9H,3-6,8H2,1-2H3;2*2H2,1H3;2*1H2;1H4;. The molecule has 0 aromatic carbocycles. The van der Waals surface area contributed by atoms with Crippen molar-refractivity contribution in [3.63, 3.8) is 0 Å². The second-order valence-corrected chi connectivity index (χ2v) is 12.7. The van der Waals surface area contributed by atoms with Gasteiger partial charge in [-0.15, -0.1) is 0 Å². The van der Waals surface area contributed by atoms with Crippen LogP contribution in [0.2, 0.25) is 31.2 Å². The second-order valence-electron chi connectivity index (χ2n) is 7.59. The van der Waals surface area contributed by atoms with Gasteiger partial charge in [0.1, 0.15) is 0 Å². The minimum Gasteiger partial charge on any atom is -0.340 e. The molecular weight excluding hydrogens is 855 g/mol. The third-order valence-electron chi connectivity index (χ3n) is 3.93. The van der Waals surface area contributed by atoms with Crippen LogP contribution in [0, 0.1) is 0 Å². The normalized spacial score (nSPS) is 14.8. The highest BCUT2D eigenvalue weighted by molar-refractivity contribution is 14.1. The van der Waals surface area contributed by atoms with Gasteiger partial charge in [0.05, 0.1) is 6.67 Å². The van der Waals surface area contributed by atoms with E-state index in [-0.39, 0.29) is 23.6 Å². The van der Waals surface area contributed by atoms with Crippen molar-refractivity contribution in [2.45, 2.75) is 75.1 Å². The Hall–Kier alpha value is -0.396. The lowest BCUT2D eigenvalue weighted by Crippen LogP contribution is -2.44. The molecule has 0 aliphatic rings. The van der Waals surface area contributed by atoms with E-state index in [9.17, 15) is 86.5 Å². The van der Waals surface area contributed by atoms with Crippen LogP contribution in [0.1, 0.15) is 7.43 Å². The zero-order chi connectivity index (χ0) is 37.8. The third-order valence-corrected chi connectivity index (χ3v) is 8.46. The Morgan fingerprint density at radius 2 is 0.891 bits per heavy atom. The highest BCUT2D eigenvalue weighted by atomic mass is 127. The molecule has 0 amide bonds. The topological polar surface area (TPSA) is 36.9 Å². The van der Waals surface area contributed by atoms with Gasteiger partial charge in [0, 0.05) is 32.5 Å². The van der Waals surface area contributed by atoms with E-state index in [0.717, 1.165) is 6.04 Å². The third kappa shape index (κ3) is 39.8. The van der Waals surface area contributed by atoms with Crippen LogP contribution in [0.5, 0.6) is 0 Å². The first-order valence-corrected chi connectivity index (χ1v) is 17.2. The van der Waals surface area contributed by atoms with E-state index in [1.54, 1.807) is 0 Å². The first kappa shape index (κ1) is 60.9. The van der Waals surface area contributed by atoms with Gasteiger partial charge in [0.15, 0.2) is 49.7 Å². The lowest BCUT2D eigenvalue weighted by molar-refractivity contribution is -0.328. The fourth-order valence-corrected chi connectivity index (χ4v) is 6.58. The molecule has 0 N–H and O–H groups in total. The molecule has 0 saturated heterocycles. The Kier molecular flexibility index (Phi) is 42.1. The molecule has 3 unspecified atom stereocenters. The first-order chi connectivity index (χ1) is 20.2. The summed E-state index contributed by atoms with van der Waals surface area (Å²) < 4.78 is 227. The monoisotopic (exact) mass is 890 g/mol. The van der Waals surface area contributed by atoms with Crippen molar-refractivity contribution in [1.82, 2.24) is 0 Å². The van der Waals surface area contributed by atoms with Crippen LogP contribution in [-0.4, -0.2) is 102 Å². The highest BCUT2D eigenvalue weighted by Gasteiger charge is 2.58. The van der Waals surface area contributed by atoms with Gasteiger partial charge in [-0.05, 0) is 15.1 Å². The molecule has 0 aromatic heterocycles. The van der Waals surface area contributed by atoms with Gasteiger partial charge < -0.3 is 9.47 Å². The summed E-state index contributed by atoms with van der Waals surface area (Å²) in [5.74, 6) is -8.29. The van der Waals surface area contributed by atoms with E-state index >= 15 is 0 Å². The Balaban J connectivity index is -0.0000000816. The van der Waals surface area contributed by atoms with Crippen LogP contribution in [0.3, 0.4) is 0 Å². The van der Waals surface area contributed by atoms with Crippen LogP contribution >= 0.6 is 23.2 Å². The zero-order valence-electron chi connectivity index (χ0n) is 23.5. The van der Waals surface area contributed by atoms with Gasteiger partial charge in [-0.25, -0.2) is 8.78 Å². The molecule has 0 rings (SSSR count). The first-order valence-electron chi connectivity index (χ1n) is 11.2. The summed E-state index contributed by atoms with van der Waals surface area (Å²) in [6, 6.07) is 3.76. The molecule has 27 heteroatoms. The van der Waals surface area contributed by atoms with E-state index < -0.39 is 71.8 Å². The molecule has 0 heterocycles. The van der Waals surface area contributed by atoms with Crippen LogP contribution in [-0.2, 0) is 19.4 Å². The molecule has 0 aliphatic heterocycles. The quantitative estimate of drug-likeness (QED) is 0.118. The van der Waals surface area contributed by atoms with Crippen molar-refractivity contribution in [2.24, 2.45) is 0 Å². The Labute approximate surface area is 270 Å². The molecule has 0 aliphatic carbocycles. The van der Waals surface area contributed by atoms with Crippen molar-refractivity contribution >= 4 is 41.5 Å². The molecule has 46 heavy (non-hydrogen) atoms. The summed E-state index contributed by atoms with van der Waals surface area (Å²) in [4.78, 5) is 4.56. The summed E-state index contributed by atoms with van der Waals surface area (Å²) in [6.45, 7) is -3.57. The lowest BCUT2D eigenvalue weighted by Gasteiger charge is -2.22. The summed E-state index contributed by atoms with van der Waals surface area (Å²) in [6.07, 6.45) is -19.7. The van der Waals surface area contributed by atoms with Crippen molar-refractivity contribution in [3.8, 4) is 0 Å². The lowest BCUT2D eigenvalue weighted by atomic mass is 10.3. The molecule has 4 nitrogen and oxygen atoms in total. The van der Waals surface area contributed by atoms with Crippen LogP contribution in [0.15, 0.2) is 0 Å². The minimum absolute atomic E-state index is 0. The van der Waals surface area contributed by atoms with Gasteiger partial charge in [-0.1, -0.05) is 32.6 Å². The molecule has 3 atom stereocenters. The summed E-state index contributed by atoms with van der Waals surface area (Å²) in [5.41, 5.74) is 0. The largest absolute Gasteiger partial charge is 0.451 e. The predicted octanol–water partition coefficient (Wildman–Crippen LogP) is 9.95. The Morgan fingerprint density at radius 1 is 0.609 bits per heavy atom. The minimum atomic E-state index is -5.31. The average Bonchev–Trinajstić information content (AvgIpc) is 2.91. The van der Waals surface area contributed by atoms with Crippen molar-refractivity contribution in [2.75, 3.05) is 47.5 Å². The summed E-state index contributed by atoms with van der Waals surface area (Å²) in [5, 5.41) is 0. The molecule has 0 bridgehead atoms. The van der Waals surface area contributed by atoms with Crippen LogP contribution in [0.4, 0.5) is 86.5 Å². The molecule has 290 valence electrons. The number of ether oxygens (including phenoxy) is 2. The zero-order valence-corrected chi connectivity index (χ0v) is 28.2. The average molecular weight is 891 g/mol. The molecule has 0 spiro atoms. The maximum atomic E-state index is 12.0. The summed E-state index contributed by atoms with van der Waals surface area (Å²) >= 11 is 0.650. The van der Waals surface area contributed by atoms with E-state index in [0.29, 0.717) is 37.4 Å². The number of methoxy groups -OCH3 is 2. The van der Waals surface area contributed by atoms with E-state index in [4.69, 9.17) is 0 Å². The fraction of sp³-hybridized carbons (Fsp3) is 1.00. The Bertz CT molecular complexity index is 576. The van der Waals surface area contributed by atoms with Crippen molar-refractivity contribution in [1.29, 1.82) is 0 Å². The SMILES string of the molecule is C.COC(F)(CF)C(F)(F)F.COC(F)(CF)C(F)(F)F.C[SiH2]CC[SiH](C)CCF.FI.FOCC(F)(F)F.FOCC(F)(F)F. The molecule has 0 radical (unpaired) electrons. The fourth-order valence-electron chi connectivity index (χ4n) is 1.50.